The molecule has 6 nitrogen and oxygen atoms in total. The zero-order valence-corrected chi connectivity index (χ0v) is 16.0. The number of benzene rings is 1. The van der Waals surface area contributed by atoms with Crippen LogP contribution >= 0.6 is 0 Å². The maximum atomic E-state index is 12.9. The molecular formula is C19H24N2O4S. The van der Waals surface area contributed by atoms with Gasteiger partial charge in [0.25, 0.3) is 0 Å². The van der Waals surface area contributed by atoms with Crippen LogP contribution in [0.4, 0.5) is 0 Å². The van der Waals surface area contributed by atoms with Crippen molar-refractivity contribution in [2.24, 2.45) is 5.92 Å². The Hall–Kier alpha value is -1.96. The summed E-state index contributed by atoms with van der Waals surface area (Å²) in [4.78, 5) is 4.43. The monoisotopic (exact) mass is 376 g/mol. The van der Waals surface area contributed by atoms with Crippen molar-refractivity contribution in [1.82, 2.24) is 9.71 Å². The van der Waals surface area contributed by atoms with E-state index in [1.54, 1.807) is 30.5 Å². The van der Waals surface area contributed by atoms with Crippen molar-refractivity contribution in [3.8, 4) is 5.88 Å². The van der Waals surface area contributed by atoms with Gasteiger partial charge in [0.05, 0.1) is 24.2 Å². The minimum absolute atomic E-state index is 0.0292. The number of hydrogen-bond donors (Lipinski definition) is 2. The highest BCUT2D eigenvalue weighted by Gasteiger charge is 2.37. The van der Waals surface area contributed by atoms with Gasteiger partial charge in [0, 0.05) is 12.3 Å². The highest BCUT2D eigenvalue weighted by atomic mass is 32.2. The van der Waals surface area contributed by atoms with E-state index in [9.17, 15) is 13.5 Å². The summed E-state index contributed by atoms with van der Waals surface area (Å²) in [5, 5.41) is 9.67. The Morgan fingerprint density at radius 1 is 1.19 bits per heavy atom. The number of rotatable bonds is 6. The highest BCUT2D eigenvalue weighted by molar-refractivity contribution is 7.89. The van der Waals surface area contributed by atoms with E-state index in [1.807, 2.05) is 19.9 Å². The van der Waals surface area contributed by atoms with E-state index >= 15 is 0 Å². The quantitative estimate of drug-likeness (QED) is 0.809. The number of hydrogen-bond acceptors (Lipinski definition) is 5. The summed E-state index contributed by atoms with van der Waals surface area (Å²) in [6, 6.07) is 8.18. The van der Waals surface area contributed by atoms with Crippen molar-refractivity contribution >= 4 is 10.0 Å². The molecule has 1 aliphatic carbocycles. The SMILES string of the molecule is COc1ccc([C@@H](NS(=O)(=O)c2ccc(C)c(C)c2)C2CC(O)C2)cn1. The molecule has 140 valence electrons. The number of pyridine rings is 1. The molecule has 1 aliphatic rings. The molecule has 0 bridgehead atoms. The lowest BCUT2D eigenvalue weighted by molar-refractivity contribution is 0.0279. The second kappa shape index (κ2) is 7.34. The summed E-state index contributed by atoms with van der Waals surface area (Å²) in [5.74, 6) is 0.500. The molecule has 0 spiro atoms. The third kappa shape index (κ3) is 3.90. The molecule has 0 saturated heterocycles. The lowest BCUT2D eigenvalue weighted by Crippen LogP contribution is -2.41. The van der Waals surface area contributed by atoms with Gasteiger partial charge in [0.1, 0.15) is 0 Å². The van der Waals surface area contributed by atoms with Crippen LogP contribution < -0.4 is 9.46 Å². The lowest BCUT2D eigenvalue weighted by atomic mass is 9.76. The van der Waals surface area contributed by atoms with Crippen molar-refractivity contribution in [2.75, 3.05) is 7.11 Å². The van der Waals surface area contributed by atoms with Crippen LogP contribution in [0.25, 0.3) is 0 Å². The summed E-state index contributed by atoms with van der Waals surface area (Å²) < 4.78 is 33.7. The molecule has 0 radical (unpaired) electrons. The van der Waals surface area contributed by atoms with Gasteiger partial charge in [-0.3, -0.25) is 0 Å². The fraction of sp³-hybridized carbons (Fsp3) is 0.421. The van der Waals surface area contributed by atoms with Crippen molar-refractivity contribution < 1.29 is 18.3 Å². The lowest BCUT2D eigenvalue weighted by Gasteiger charge is -2.38. The molecule has 1 heterocycles. The van der Waals surface area contributed by atoms with Crippen LogP contribution in [0.1, 0.15) is 35.6 Å². The first-order chi connectivity index (χ1) is 12.3. The van der Waals surface area contributed by atoms with E-state index in [2.05, 4.69) is 9.71 Å². The molecule has 0 amide bonds. The summed E-state index contributed by atoms with van der Waals surface area (Å²) in [6.45, 7) is 3.84. The van der Waals surface area contributed by atoms with Gasteiger partial charge in [-0.1, -0.05) is 12.1 Å². The molecule has 1 aromatic carbocycles. The summed E-state index contributed by atoms with van der Waals surface area (Å²) >= 11 is 0. The Kier molecular flexibility index (Phi) is 5.32. The highest BCUT2D eigenvalue weighted by Crippen LogP contribution is 2.39. The standard InChI is InChI=1S/C19H24N2O4S/c1-12-4-6-17(8-13(12)2)26(23,24)21-19(15-9-16(22)10-15)14-5-7-18(25-3)20-11-14/h4-8,11,15-16,19,21-22H,9-10H2,1-3H3/t15?,16?,19-/m1/s1. The zero-order chi connectivity index (χ0) is 18.9. The van der Waals surface area contributed by atoms with Gasteiger partial charge in [-0.15, -0.1) is 0 Å². The predicted molar refractivity (Wildman–Crippen MR) is 98.5 cm³/mol. The maximum Gasteiger partial charge on any atom is 0.241 e. The normalized spacial score (nSPS) is 21.1. The van der Waals surface area contributed by atoms with Crippen LogP contribution in [-0.4, -0.2) is 31.7 Å². The van der Waals surface area contributed by atoms with Crippen molar-refractivity contribution in [2.45, 2.75) is 43.7 Å². The van der Waals surface area contributed by atoms with E-state index in [0.717, 1.165) is 16.7 Å². The topological polar surface area (TPSA) is 88.5 Å². The number of ether oxygens (including phenoxy) is 1. The number of methoxy groups -OCH3 is 1. The molecule has 0 unspecified atom stereocenters. The van der Waals surface area contributed by atoms with E-state index in [1.165, 1.54) is 7.11 Å². The minimum atomic E-state index is -3.69. The fourth-order valence-electron chi connectivity index (χ4n) is 3.15. The molecule has 1 fully saturated rings. The summed E-state index contributed by atoms with van der Waals surface area (Å²) in [7, 11) is -2.16. The molecule has 1 aromatic heterocycles. The van der Waals surface area contributed by atoms with Gasteiger partial charge in [-0.2, -0.15) is 0 Å². The third-order valence-electron chi connectivity index (χ3n) is 5.02. The number of aryl methyl sites for hydroxylation is 2. The van der Waals surface area contributed by atoms with Crippen molar-refractivity contribution in [3.63, 3.8) is 0 Å². The Balaban J connectivity index is 1.90. The van der Waals surface area contributed by atoms with Crippen LogP contribution in [0.3, 0.4) is 0 Å². The molecule has 1 atom stereocenters. The van der Waals surface area contributed by atoms with E-state index in [4.69, 9.17) is 4.74 Å². The number of sulfonamides is 1. The number of aliphatic hydroxyl groups is 1. The van der Waals surface area contributed by atoms with Crippen molar-refractivity contribution in [3.05, 3.63) is 53.2 Å². The van der Waals surface area contributed by atoms with Crippen molar-refractivity contribution in [1.29, 1.82) is 0 Å². The molecule has 0 aliphatic heterocycles. The van der Waals surface area contributed by atoms with Gasteiger partial charge in [-0.25, -0.2) is 18.1 Å². The van der Waals surface area contributed by atoms with Gasteiger partial charge in [0.15, 0.2) is 0 Å². The van der Waals surface area contributed by atoms with Gasteiger partial charge < -0.3 is 9.84 Å². The first-order valence-corrected chi connectivity index (χ1v) is 10.1. The third-order valence-corrected chi connectivity index (χ3v) is 6.46. The second-order valence-corrected chi connectivity index (χ2v) is 8.58. The Labute approximate surface area is 154 Å². The molecule has 2 N–H and O–H groups in total. The zero-order valence-electron chi connectivity index (χ0n) is 15.1. The van der Waals surface area contributed by atoms with E-state index in [-0.39, 0.29) is 16.9 Å². The van der Waals surface area contributed by atoms with E-state index < -0.39 is 16.1 Å². The van der Waals surface area contributed by atoms with E-state index in [0.29, 0.717) is 18.7 Å². The molecule has 7 heteroatoms. The van der Waals surface area contributed by atoms with Gasteiger partial charge in [-0.05, 0) is 61.4 Å². The minimum Gasteiger partial charge on any atom is -0.481 e. The molecule has 3 rings (SSSR count). The smallest absolute Gasteiger partial charge is 0.241 e. The number of nitrogens with zero attached hydrogens (tertiary/aromatic N) is 1. The van der Waals surface area contributed by atoms with Crippen LogP contribution in [0.2, 0.25) is 0 Å². The molecule has 1 saturated carbocycles. The average Bonchev–Trinajstić information content (AvgIpc) is 2.59. The Morgan fingerprint density at radius 2 is 1.92 bits per heavy atom. The summed E-state index contributed by atoms with van der Waals surface area (Å²) in [6.07, 6.45) is 2.37. The predicted octanol–water partition coefficient (Wildman–Crippen LogP) is 2.50. The first kappa shape index (κ1) is 18.8. The fourth-order valence-corrected chi connectivity index (χ4v) is 4.53. The van der Waals surface area contributed by atoms with Crippen LogP contribution in [0.15, 0.2) is 41.4 Å². The van der Waals surface area contributed by atoms with Crippen LogP contribution in [0.5, 0.6) is 5.88 Å². The number of nitrogens with one attached hydrogen (secondary N) is 1. The van der Waals surface area contributed by atoms with Crippen LogP contribution in [0, 0.1) is 19.8 Å². The number of aliphatic hydroxyl groups excluding tert-OH is 1. The summed E-state index contributed by atoms with van der Waals surface area (Å²) in [5.41, 5.74) is 2.73. The average molecular weight is 376 g/mol. The second-order valence-electron chi connectivity index (χ2n) is 6.86. The van der Waals surface area contributed by atoms with Crippen LogP contribution in [-0.2, 0) is 10.0 Å². The van der Waals surface area contributed by atoms with Gasteiger partial charge >= 0.3 is 0 Å². The molecule has 2 aromatic rings. The molecule has 26 heavy (non-hydrogen) atoms. The number of aromatic nitrogens is 1. The maximum absolute atomic E-state index is 12.9. The molecular weight excluding hydrogens is 352 g/mol. The van der Waals surface area contributed by atoms with Gasteiger partial charge in [0.2, 0.25) is 15.9 Å². The Morgan fingerprint density at radius 3 is 2.46 bits per heavy atom. The Bertz CT molecular complexity index is 875. The largest absolute Gasteiger partial charge is 0.481 e. The first-order valence-electron chi connectivity index (χ1n) is 8.58.